The van der Waals surface area contributed by atoms with Gasteiger partial charge in [-0.15, -0.1) is 0 Å². The lowest BCUT2D eigenvalue weighted by molar-refractivity contribution is 0.0343. The van der Waals surface area contributed by atoms with Gasteiger partial charge in [-0.1, -0.05) is 30.3 Å². The summed E-state index contributed by atoms with van der Waals surface area (Å²) in [5, 5.41) is 3.14. The summed E-state index contributed by atoms with van der Waals surface area (Å²) in [4.78, 5) is 32.9. The van der Waals surface area contributed by atoms with Gasteiger partial charge in [-0.25, -0.2) is 4.79 Å². The van der Waals surface area contributed by atoms with Gasteiger partial charge in [-0.2, -0.15) is 0 Å². The Morgan fingerprint density at radius 3 is 2.60 bits per heavy atom. The number of amides is 3. The Balaban J connectivity index is 1.22. The summed E-state index contributed by atoms with van der Waals surface area (Å²) in [5.41, 5.74) is 4.87. The molecule has 2 fully saturated rings. The molecule has 3 aliphatic rings. The number of urea groups is 1. The molecule has 0 saturated carbocycles. The average molecular weight is 541 g/mol. The summed E-state index contributed by atoms with van der Waals surface area (Å²) < 4.78 is 12.4. The molecule has 6 rings (SSSR count). The second-order valence-corrected chi connectivity index (χ2v) is 11.0. The van der Waals surface area contributed by atoms with Crippen LogP contribution in [-0.4, -0.2) is 55.3 Å². The van der Waals surface area contributed by atoms with Gasteiger partial charge in [0.25, 0.3) is 5.91 Å². The summed E-state index contributed by atoms with van der Waals surface area (Å²) in [6.07, 6.45) is 0.569. The van der Waals surface area contributed by atoms with Crippen molar-refractivity contribution in [2.24, 2.45) is 0 Å². The topological polar surface area (TPSA) is 74.3 Å². The zero-order chi connectivity index (χ0) is 28.0. The van der Waals surface area contributed by atoms with E-state index in [1.54, 1.807) is 11.0 Å². The van der Waals surface area contributed by atoms with E-state index in [1.807, 2.05) is 55.1 Å². The Bertz CT molecular complexity index is 1470. The van der Waals surface area contributed by atoms with Crippen LogP contribution in [-0.2, 0) is 0 Å². The van der Waals surface area contributed by atoms with Gasteiger partial charge in [0, 0.05) is 49.4 Å². The molecule has 0 radical (unpaired) electrons. The molecule has 208 valence electrons. The molecular weight excluding hydrogens is 504 g/mol. The highest BCUT2D eigenvalue weighted by Crippen LogP contribution is 2.49. The molecule has 2 atom stereocenters. The molecular formula is C32H36N4O4. The number of aryl methyl sites for hydroxylation is 2. The van der Waals surface area contributed by atoms with Gasteiger partial charge in [-0.3, -0.25) is 9.69 Å². The summed E-state index contributed by atoms with van der Waals surface area (Å²) in [5.74, 6) is 1.29. The molecule has 3 aromatic carbocycles. The minimum absolute atomic E-state index is 0.0311. The van der Waals surface area contributed by atoms with E-state index < -0.39 is 5.72 Å². The molecule has 1 N–H and O–H groups in total. The fraction of sp³-hybridized carbons (Fsp3) is 0.375. The van der Waals surface area contributed by atoms with Gasteiger partial charge in [0.1, 0.15) is 0 Å². The van der Waals surface area contributed by atoms with Crippen LogP contribution in [0.5, 0.6) is 11.5 Å². The average Bonchev–Trinajstić information content (AvgIpc) is 2.94. The Kier molecular flexibility index (Phi) is 6.56. The quantitative estimate of drug-likeness (QED) is 0.467. The second kappa shape index (κ2) is 10.1. The van der Waals surface area contributed by atoms with Crippen LogP contribution in [0, 0.1) is 13.8 Å². The molecule has 2 saturated heterocycles. The van der Waals surface area contributed by atoms with Gasteiger partial charge >= 0.3 is 6.03 Å². The number of hydrogen-bond donors (Lipinski definition) is 1. The summed E-state index contributed by atoms with van der Waals surface area (Å²) in [6, 6.07) is 19.2. The predicted molar refractivity (Wildman–Crippen MR) is 155 cm³/mol. The van der Waals surface area contributed by atoms with E-state index >= 15 is 0 Å². The lowest BCUT2D eigenvalue weighted by Crippen LogP contribution is -2.65. The molecule has 0 aromatic heterocycles. The molecule has 8 heteroatoms. The number of anilines is 2. The fourth-order valence-corrected chi connectivity index (χ4v) is 6.19. The van der Waals surface area contributed by atoms with Crippen molar-refractivity contribution in [3.05, 3.63) is 82.9 Å². The third-order valence-electron chi connectivity index (χ3n) is 8.19. The zero-order valence-electron chi connectivity index (χ0n) is 23.6. The minimum atomic E-state index is -0.938. The molecule has 40 heavy (non-hydrogen) atoms. The number of nitrogens with one attached hydrogen (secondary N) is 1. The fourth-order valence-electron chi connectivity index (χ4n) is 6.19. The van der Waals surface area contributed by atoms with Gasteiger partial charge in [0.15, 0.2) is 17.2 Å². The number of fused-ring (bicyclic) bond motifs is 4. The number of rotatable bonds is 5. The molecule has 0 aliphatic carbocycles. The van der Waals surface area contributed by atoms with Crippen molar-refractivity contribution >= 4 is 23.3 Å². The smallest absolute Gasteiger partial charge is 0.325 e. The molecule has 3 aromatic rings. The maximum absolute atomic E-state index is 13.6. The Labute approximate surface area is 235 Å². The highest BCUT2D eigenvalue weighted by Gasteiger charge is 2.50. The van der Waals surface area contributed by atoms with E-state index in [0.717, 1.165) is 18.7 Å². The normalized spacial score (nSPS) is 21.9. The lowest BCUT2D eigenvalue weighted by atomic mass is 9.89. The van der Waals surface area contributed by atoms with Crippen LogP contribution in [0.15, 0.2) is 60.7 Å². The Morgan fingerprint density at radius 1 is 1.05 bits per heavy atom. The maximum Gasteiger partial charge on any atom is 0.325 e. The van der Waals surface area contributed by atoms with E-state index in [-0.39, 0.29) is 18.0 Å². The molecule has 3 heterocycles. The number of para-hydroxylation sites is 1. The van der Waals surface area contributed by atoms with Gasteiger partial charge < -0.3 is 24.6 Å². The Morgan fingerprint density at radius 2 is 1.82 bits per heavy atom. The highest BCUT2D eigenvalue weighted by molar-refractivity contribution is 5.99. The SMILES string of the molecule is CCOc1cccc2c1O[C@@]1(C)C[C@H]2NC(=O)N1c1cccc(C(=O)N2CCN(c3cc(C)ccc3C)CC2)c1. The minimum Gasteiger partial charge on any atom is -0.490 e. The van der Waals surface area contributed by atoms with E-state index in [1.165, 1.54) is 16.8 Å². The van der Waals surface area contributed by atoms with E-state index in [2.05, 4.69) is 42.3 Å². The monoisotopic (exact) mass is 540 g/mol. The lowest BCUT2D eigenvalue weighted by Gasteiger charge is -2.50. The first kappa shape index (κ1) is 26.0. The molecule has 0 unspecified atom stereocenters. The number of benzene rings is 3. The number of carbonyl (C=O) groups is 2. The predicted octanol–water partition coefficient (Wildman–Crippen LogP) is 5.43. The van der Waals surface area contributed by atoms with Crippen LogP contribution in [0.1, 0.15) is 53.4 Å². The number of piperazine rings is 1. The number of hydrogen-bond acceptors (Lipinski definition) is 5. The highest BCUT2D eigenvalue weighted by atomic mass is 16.5. The first-order valence-electron chi connectivity index (χ1n) is 14.0. The van der Waals surface area contributed by atoms with Crippen LogP contribution in [0.3, 0.4) is 0 Å². The molecule has 3 aliphatic heterocycles. The third kappa shape index (κ3) is 4.51. The van der Waals surface area contributed by atoms with Crippen LogP contribution >= 0.6 is 0 Å². The van der Waals surface area contributed by atoms with Crippen LogP contribution in [0.25, 0.3) is 0 Å². The first-order chi connectivity index (χ1) is 19.3. The largest absolute Gasteiger partial charge is 0.490 e. The summed E-state index contributed by atoms with van der Waals surface area (Å²) in [7, 11) is 0. The standard InChI is InChI=1S/C32H36N4O4/c1-5-39-28-11-7-10-25-26-20-32(4,40-29(25)28)36(31(38)33-26)24-9-6-8-23(19-24)30(37)35-16-14-34(15-17-35)27-18-21(2)12-13-22(27)3/h6-13,18-19,26H,5,14-17,20H2,1-4H3,(H,33,38)/t26-,32+/m1/s1. The molecule has 0 spiro atoms. The van der Waals surface area contributed by atoms with E-state index in [9.17, 15) is 9.59 Å². The Hall–Kier alpha value is -4.20. The number of ether oxygens (including phenoxy) is 2. The molecule has 8 nitrogen and oxygen atoms in total. The van der Waals surface area contributed by atoms with Crippen molar-refractivity contribution in [1.82, 2.24) is 10.2 Å². The van der Waals surface area contributed by atoms with Crippen molar-refractivity contribution in [3.63, 3.8) is 0 Å². The zero-order valence-corrected chi connectivity index (χ0v) is 23.6. The summed E-state index contributed by atoms with van der Waals surface area (Å²) in [6.45, 7) is 11.4. The van der Waals surface area contributed by atoms with Crippen molar-refractivity contribution < 1.29 is 19.1 Å². The van der Waals surface area contributed by atoms with Gasteiger partial charge in [0.2, 0.25) is 0 Å². The van der Waals surface area contributed by atoms with E-state index in [4.69, 9.17) is 9.47 Å². The van der Waals surface area contributed by atoms with Crippen molar-refractivity contribution in [2.45, 2.75) is 45.9 Å². The summed E-state index contributed by atoms with van der Waals surface area (Å²) >= 11 is 0. The van der Waals surface area contributed by atoms with Crippen LogP contribution in [0.4, 0.5) is 16.2 Å². The first-order valence-corrected chi connectivity index (χ1v) is 14.0. The molecule has 3 amide bonds. The second-order valence-electron chi connectivity index (χ2n) is 11.0. The van der Waals surface area contributed by atoms with Crippen molar-refractivity contribution in [1.29, 1.82) is 0 Å². The third-order valence-corrected chi connectivity index (χ3v) is 8.19. The van der Waals surface area contributed by atoms with Crippen LogP contribution in [0.2, 0.25) is 0 Å². The number of carbonyl (C=O) groups excluding carboxylic acids is 2. The van der Waals surface area contributed by atoms with Crippen LogP contribution < -0.4 is 24.6 Å². The van der Waals surface area contributed by atoms with E-state index in [0.29, 0.717) is 48.9 Å². The maximum atomic E-state index is 13.6. The van der Waals surface area contributed by atoms with Gasteiger partial charge in [-0.05, 0) is 69.2 Å². The molecule has 2 bridgehead atoms. The number of nitrogens with zero attached hydrogens (tertiary/aromatic N) is 3. The van der Waals surface area contributed by atoms with Crippen molar-refractivity contribution in [3.8, 4) is 11.5 Å². The van der Waals surface area contributed by atoms with Crippen molar-refractivity contribution in [2.75, 3.05) is 42.6 Å². The van der Waals surface area contributed by atoms with Gasteiger partial charge in [0.05, 0.1) is 18.3 Å².